The lowest BCUT2D eigenvalue weighted by Gasteiger charge is -2.48. The molecule has 2 atom stereocenters. The van der Waals surface area contributed by atoms with E-state index in [1.54, 1.807) is 0 Å². The van der Waals surface area contributed by atoms with Crippen LogP contribution in [0.2, 0.25) is 0 Å². The summed E-state index contributed by atoms with van der Waals surface area (Å²) in [6.07, 6.45) is 6.28. The van der Waals surface area contributed by atoms with Crippen LogP contribution >= 0.6 is 0 Å². The smallest absolute Gasteiger partial charge is 0.0685 e. The lowest BCUT2D eigenvalue weighted by Crippen LogP contribution is -2.50. The molecule has 1 spiro atoms. The fourth-order valence-electron chi connectivity index (χ4n) is 4.80. The minimum absolute atomic E-state index is 0.240. The van der Waals surface area contributed by atoms with E-state index in [-0.39, 0.29) is 5.60 Å². The van der Waals surface area contributed by atoms with E-state index in [1.165, 1.54) is 32.1 Å². The third kappa shape index (κ3) is 1.61. The molecule has 2 N–H and O–H groups in total. The number of ether oxygens (including phenoxy) is 1. The topological polar surface area (TPSA) is 35.2 Å². The number of hydrogen-bond donors (Lipinski definition) is 1. The molecule has 2 aliphatic carbocycles. The largest absolute Gasteiger partial charge is 0.375 e. The van der Waals surface area contributed by atoms with Gasteiger partial charge in [0.2, 0.25) is 0 Å². The Morgan fingerprint density at radius 1 is 1.11 bits per heavy atom. The van der Waals surface area contributed by atoms with Gasteiger partial charge in [-0.3, -0.25) is 0 Å². The first-order valence-corrected chi connectivity index (χ1v) is 7.70. The molecular weight excluding hydrogens is 222 g/mol. The van der Waals surface area contributed by atoms with Gasteiger partial charge in [0.1, 0.15) is 0 Å². The molecule has 2 unspecified atom stereocenters. The van der Waals surface area contributed by atoms with E-state index in [2.05, 4.69) is 27.7 Å². The Labute approximate surface area is 112 Å². The Hall–Kier alpha value is -0.0800. The molecule has 2 saturated carbocycles. The van der Waals surface area contributed by atoms with Gasteiger partial charge in [0, 0.05) is 12.6 Å². The van der Waals surface area contributed by atoms with Gasteiger partial charge in [-0.15, -0.1) is 0 Å². The van der Waals surface area contributed by atoms with Crippen molar-refractivity contribution < 1.29 is 4.74 Å². The van der Waals surface area contributed by atoms with Crippen LogP contribution in [0, 0.1) is 22.7 Å². The number of hydrogen-bond acceptors (Lipinski definition) is 2. The zero-order chi connectivity index (χ0) is 13.2. The first-order chi connectivity index (χ1) is 8.30. The minimum Gasteiger partial charge on any atom is -0.375 e. The van der Waals surface area contributed by atoms with Crippen LogP contribution in [0.15, 0.2) is 0 Å². The van der Waals surface area contributed by atoms with Crippen LogP contribution in [0.5, 0.6) is 0 Å². The molecule has 2 heteroatoms. The Bertz CT molecular complexity index is 329. The summed E-state index contributed by atoms with van der Waals surface area (Å²) in [6, 6.07) is 0.372. The first-order valence-electron chi connectivity index (χ1n) is 7.70. The molecule has 1 heterocycles. The maximum Gasteiger partial charge on any atom is 0.0685 e. The zero-order valence-electron chi connectivity index (χ0n) is 12.5. The molecule has 0 aromatic rings. The molecule has 0 radical (unpaired) electrons. The molecule has 0 aromatic heterocycles. The zero-order valence-corrected chi connectivity index (χ0v) is 12.5. The summed E-state index contributed by atoms with van der Waals surface area (Å²) in [5.41, 5.74) is 7.72. The summed E-state index contributed by atoms with van der Waals surface area (Å²) in [4.78, 5) is 0. The van der Waals surface area contributed by atoms with E-state index >= 15 is 0 Å². The predicted octanol–water partition coefficient (Wildman–Crippen LogP) is 3.35. The highest BCUT2D eigenvalue weighted by atomic mass is 16.5. The standard InChI is InChI=1S/C16H29NO/c1-14(2)13(15(14,3)4)12(17)11-6-9-18-16(10-11)7-5-8-16/h11-13H,5-10,17H2,1-4H3. The van der Waals surface area contributed by atoms with Gasteiger partial charge in [0.05, 0.1) is 5.60 Å². The van der Waals surface area contributed by atoms with Crippen molar-refractivity contribution in [1.29, 1.82) is 0 Å². The molecular formula is C16H29NO. The molecule has 18 heavy (non-hydrogen) atoms. The predicted molar refractivity (Wildman–Crippen MR) is 74.3 cm³/mol. The maximum absolute atomic E-state index is 6.65. The SMILES string of the molecule is CC1(C)C(C(N)C2CCOC3(CCC3)C2)C1(C)C. The van der Waals surface area contributed by atoms with E-state index < -0.39 is 0 Å². The Balaban J connectivity index is 1.68. The first kappa shape index (κ1) is 12.9. The average Bonchev–Trinajstić information content (AvgIpc) is 2.67. The molecule has 0 bridgehead atoms. The lowest BCUT2D eigenvalue weighted by molar-refractivity contribution is -0.147. The summed E-state index contributed by atoms with van der Waals surface area (Å²) >= 11 is 0. The van der Waals surface area contributed by atoms with Crippen molar-refractivity contribution in [1.82, 2.24) is 0 Å². The van der Waals surface area contributed by atoms with Crippen molar-refractivity contribution >= 4 is 0 Å². The van der Waals surface area contributed by atoms with E-state index in [9.17, 15) is 0 Å². The normalized spacial score (nSPS) is 38.2. The van der Waals surface area contributed by atoms with E-state index in [4.69, 9.17) is 10.5 Å². The van der Waals surface area contributed by atoms with Crippen LogP contribution in [-0.4, -0.2) is 18.2 Å². The maximum atomic E-state index is 6.65. The lowest BCUT2D eigenvalue weighted by atomic mass is 9.69. The van der Waals surface area contributed by atoms with Crippen LogP contribution in [0.25, 0.3) is 0 Å². The van der Waals surface area contributed by atoms with Crippen molar-refractivity contribution in [2.75, 3.05) is 6.61 Å². The Morgan fingerprint density at radius 2 is 1.72 bits per heavy atom. The van der Waals surface area contributed by atoms with Gasteiger partial charge in [-0.25, -0.2) is 0 Å². The third-order valence-corrected chi connectivity index (χ3v) is 6.86. The summed E-state index contributed by atoms with van der Waals surface area (Å²) in [5, 5.41) is 0. The van der Waals surface area contributed by atoms with E-state index in [1.807, 2.05) is 0 Å². The summed E-state index contributed by atoms with van der Waals surface area (Å²) in [5.74, 6) is 1.37. The molecule has 3 fully saturated rings. The van der Waals surface area contributed by atoms with Crippen molar-refractivity contribution in [3.8, 4) is 0 Å². The van der Waals surface area contributed by atoms with Gasteiger partial charge >= 0.3 is 0 Å². The Morgan fingerprint density at radius 3 is 2.17 bits per heavy atom. The second kappa shape index (κ2) is 3.73. The van der Waals surface area contributed by atoms with Gasteiger partial charge in [-0.2, -0.15) is 0 Å². The fraction of sp³-hybridized carbons (Fsp3) is 1.00. The van der Waals surface area contributed by atoms with Crippen LogP contribution in [0.3, 0.4) is 0 Å². The quantitative estimate of drug-likeness (QED) is 0.817. The van der Waals surface area contributed by atoms with Crippen LogP contribution in [0.1, 0.15) is 59.8 Å². The molecule has 0 amide bonds. The number of nitrogens with two attached hydrogens (primary N) is 1. The molecule has 3 rings (SSSR count). The highest BCUT2D eigenvalue weighted by molar-refractivity contribution is 5.17. The highest BCUT2D eigenvalue weighted by Crippen LogP contribution is 2.70. The molecule has 1 saturated heterocycles. The van der Waals surface area contributed by atoms with Crippen LogP contribution in [0.4, 0.5) is 0 Å². The van der Waals surface area contributed by atoms with E-state index in [0.29, 0.717) is 28.7 Å². The monoisotopic (exact) mass is 251 g/mol. The highest BCUT2D eigenvalue weighted by Gasteiger charge is 2.67. The van der Waals surface area contributed by atoms with Crippen molar-refractivity contribution in [3.05, 3.63) is 0 Å². The Kier molecular flexibility index (Phi) is 2.68. The van der Waals surface area contributed by atoms with Gasteiger partial charge in [0.25, 0.3) is 0 Å². The summed E-state index contributed by atoms with van der Waals surface area (Å²) in [7, 11) is 0. The average molecular weight is 251 g/mol. The second-order valence-corrected chi connectivity index (χ2v) is 8.14. The minimum atomic E-state index is 0.240. The van der Waals surface area contributed by atoms with Crippen molar-refractivity contribution in [2.24, 2.45) is 28.4 Å². The van der Waals surface area contributed by atoms with Crippen molar-refractivity contribution in [3.63, 3.8) is 0 Å². The van der Waals surface area contributed by atoms with Gasteiger partial charge in [-0.1, -0.05) is 27.7 Å². The summed E-state index contributed by atoms with van der Waals surface area (Å²) < 4.78 is 6.03. The fourth-order valence-corrected chi connectivity index (χ4v) is 4.80. The van der Waals surface area contributed by atoms with Gasteiger partial charge in [-0.05, 0) is 54.8 Å². The molecule has 0 aromatic carbocycles. The van der Waals surface area contributed by atoms with Gasteiger partial charge in [0.15, 0.2) is 0 Å². The second-order valence-electron chi connectivity index (χ2n) is 8.14. The van der Waals surface area contributed by atoms with Crippen LogP contribution < -0.4 is 5.73 Å². The van der Waals surface area contributed by atoms with E-state index in [0.717, 1.165) is 6.61 Å². The summed E-state index contributed by atoms with van der Waals surface area (Å²) in [6.45, 7) is 10.5. The third-order valence-electron chi connectivity index (χ3n) is 6.86. The molecule has 3 aliphatic rings. The van der Waals surface area contributed by atoms with Crippen molar-refractivity contribution in [2.45, 2.75) is 71.4 Å². The molecule has 1 aliphatic heterocycles. The molecule has 2 nitrogen and oxygen atoms in total. The van der Waals surface area contributed by atoms with Crippen LogP contribution in [-0.2, 0) is 4.74 Å². The number of rotatable bonds is 2. The van der Waals surface area contributed by atoms with Gasteiger partial charge < -0.3 is 10.5 Å². The molecule has 104 valence electrons.